The molecule has 0 saturated heterocycles. The van der Waals surface area contributed by atoms with Crippen LogP contribution in [0.3, 0.4) is 0 Å². The smallest absolute Gasteiger partial charge is 0.0451 e. The zero-order valence-electron chi connectivity index (χ0n) is 13.6. The molecule has 0 radical (unpaired) electrons. The molecule has 1 aromatic heterocycles. The maximum Gasteiger partial charge on any atom is 0.0451 e. The third-order valence-electron chi connectivity index (χ3n) is 4.07. The van der Waals surface area contributed by atoms with E-state index >= 15 is 0 Å². The summed E-state index contributed by atoms with van der Waals surface area (Å²) < 4.78 is 0. The van der Waals surface area contributed by atoms with Crippen LogP contribution in [-0.4, -0.2) is 16.4 Å². The largest absolute Gasteiger partial charge is 0.294 e. The molecule has 24 heavy (non-hydrogen) atoms. The van der Waals surface area contributed by atoms with E-state index in [-0.39, 0.29) is 0 Å². The van der Waals surface area contributed by atoms with E-state index in [0.717, 1.165) is 31.1 Å². The molecule has 0 spiro atoms. The van der Waals surface area contributed by atoms with Gasteiger partial charge in [-0.1, -0.05) is 60.1 Å². The lowest BCUT2D eigenvalue weighted by Gasteiger charge is -2.23. The fourth-order valence-electron chi connectivity index (χ4n) is 2.76. The first-order valence-electron chi connectivity index (χ1n) is 8.20. The van der Waals surface area contributed by atoms with Crippen molar-refractivity contribution in [2.24, 2.45) is 0 Å². The average molecular weight is 337 g/mol. The van der Waals surface area contributed by atoms with Crippen molar-refractivity contribution in [2.75, 3.05) is 6.54 Å². The quantitative estimate of drug-likeness (QED) is 0.605. The van der Waals surface area contributed by atoms with E-state index in [1.807, 2.05) is 30.6 Å². The number of aromatic nitrogens is 1. The molecule has 0 unspecified atom stereocenters. The van der Waals surface area contributed by atoms with Crippen LogP contribution in [0.25, 0.3) is 0 Å². The second-order valence-electron chi connectivity index (χ2n) is 5.89. The van der Waals surface area contributed by atoms with Crippen LogP contribution in [0, 0.1) is 0 Å². The third-order valence-corrected chi connectivity index (χ3v) is 4.44. The van der Waals surface area contributed by atoms with Crippen molar-refractivity contribution >= 4 is 11.6 Å². The van der Waals surface area contributed by atoms with Gasteiger partial charge in [-0.25, -0.2) is 0 Å². The Morgan fingerprint density at radius 1 is 0.750 bits per heavy atom. The fraction of sp³-hybridized carbons (Fsp3) is 0.190. The van der Waals surface area contributed by atoms with E-state index in [2.05, 4.69) is 58.4 Å². The van der Waals surface area contributed by atoms with Gasteiger partial charge in [0, 0.05) is 37.1 Å². The summed E-state index contributed by atoms with van der Waals surface area (Å²) in [5.41, 5.74) is 3.79. The predicted molar refractivity (Wildman–Crippen MR) is 99.9 cm³/mol. The molecule has 0 fully saturated rings. The van der Waals surface area contributed by atoms with Gasteiger partial charge in [-0.05, 0) is 41.3 Å². The number of pyridine rings is 1. The number of hydrogen-bond donors (Lipinski definition) is 0. The predicted octanol–water partition coefficient (Wildman–Crippen LogP) is 4.98. The van der Waals surface area contributed by atoms with Crippen LogP contribution >= 0.6 is 11.6 Å². The highest BCUT2D eigenvalue weighted by molar-refractivity contribution is 6.31. The van der Waals surface area contributed by atoms with Crippen molar-refractivity contribution in [3.63, 3.8) is 0 Å². The molecule has 3 heteroatoms. The summed E-state index contributed by atoms with van der Waals surface area (Å²) in [5, 5.41) is 0.830. The van der Waals surface area contributed by atoms with Gasteiger partial charge in [-0.3, -0.25) is 9.88 Å². The molecule has 0 bridgehead atoms. The molecule has 0 aliphatic heterocycles. The van der Waals surface area contributed by atoms with Gasteiger partial charge in [0.2, 0.25) is 0 Å². The molecule has 0 saturated carbocycles. The van der Waals surface area contributed by atoms with Crippen LogP contribution in [0.4, 0.5) is 0 Å². The second-order valence-corrected chi connectivity index (χ2v) is 6.30. The maximum atomic E-state index is 6.35. The van der Waals surface area contributed by atoms with Gasteiger partial charge in [-0.2, -0.15) is 0 Å². The van der Waals surface area contributed by atoms with Gasteiger partial charge < -0.3 is 0 Å². The van der Waals surface area contributed by atoms with Gasteiger partial charge in [0.05, 0.1) is 0 Å². The summed E-state index contributed by atoms with van der Waals surface area (Å²) in [7, 11) is 0. The third kappa shape index (κ3) is 4.92. The Morgan fingerprint density at radius 3 is 2.21 bits per heavy atom. The molecule has 2 aromatic carbocycles. The molecule has 3 rings (SSSR count). The molecule has 1 heterocycles. The lowest BCUT2D eigenvalue weighted by molar-refractivity contribution is 0.260. The lowest BCUT2D eigenvalue weighted by atomic mass is 10.1. The highest BCUT2D eigenvalue weighted by Gasteiger charge is 2.09. The first-order valence-corrected chi connectivity index (χ1v) is 8.57. The van der Waals surface area contributed by atoms with Crippen molar-refractivity contribution in [3.8, 4) is 0 Å². The van der Waals surface area contributed by atoms with E-state index in [1.54, 1.807) is 0 Å². The van der Waals surface area contributed by atoms with E-state index in [1.165, 1.54) is 16.7 Å². The molecule has 2 nitrogen and oxygen atoms in total. The molecular formula is C21H21ClN2. The summed E-state index contributed by atoms with van der Waals surface area (Å²) in [6, 6.07) is 22.8. The first-order chi connectivity index (χ1) is 11.8. The van der Waals surface area contributed by atoms with Crippen molar-refractivity contribution in [1.82, 2.24) is 9.88 Å². The monoisotopic (exact) mass is 336 g/mol. The summed E-state index contributed by atoms with van der Waals surface area (Å²) >= 11 is 6.35. The van der Waals surface area contributed by atoms with Gasteiger partial charge in [-0.15, -0.1) is 0 Å². The Balaban J connectivity index is 1.71. The Kier molecular flexibility index (Phi) is 6.00. The number of nitrogens with zero attached hydrogens (tertiary/aromatic N) is 2. The summed E-state index contributed by atoms with van der Waals surface area (Å²) in [4.78, 5) is 6.54. The van der Waals surface area contributed by atoms with Crippen molar-refractivity contribution in [3.05, 3.63) is 101 Å². The minimum Gasteiger partial charge on any atom is -0.294 e. The van der Waals surface area contributed by atoms with Crippen molar-refractivity contribution in [2.45, 2.75) is 19.5 Å². The molecular weight excluding hydrogens is 316 g/mol. The lowest BCUT2D eigenvalue weighted by Crippen LogP contribution is -2.25. The maximum absolute atomic E-state index is 6.35. The highest BCUT2D eigenvalue weighted by Crippen LogP contribution is 2.18. The Bertz CT molecular complexity index is 744. The number of rotatable bonds is 7. The van der Waals surface area contributed by atoms with Gasteiger partial charge in [0.1, 0.15) is 0 Å². The van der Waals surface area contributed by atoms with Crippen molar-refractivity contribution < 1.29 is 0 Å². The van der Waals surface area contributed by atoms with Gasteiger partial charge in [0.15, 0.2) is 0 Å². The van der Waals surface area contributed by atoms with Crippen molar-refractivity contribution in [1.29, 1.82) is 0 Å². The standard InChI is InChI=1S/C21H21ClN2/c22-21-9-5-4-8-20(21)17-24(16-19-10-13-23-14-11-19)15-12-18-6-2-1-3-7-18/h1-11,13-14H,12,15-17H2. The summed E-state index contributed by atoms with van der Waals surface area (Å²) in [5.74, 6) is 0. The van der Waals surface area contributed by atoms with Gasteiger partial charge in [0.25, 0.3) is 0 Å². The molecule has 0 amide bonds. The van der Waals surface area contributed by atoms with Crippen LogP contribution in [0.1, 0.15) is 16.7 Å². The molecule has 0 atom stereocenters. The van der Waals surface area contributed by atoms with E-state index in [4.69, 9.17) is 11.6 Å². The van der Waals surface area contributed by atoms with E-state index in [9.17, 15) is 0 Å². The number of hydrogen-bond acceptors (Lipinski definition) is 2. The van der Waals surface area contributed by atoms with E-state index in [0.29, 0.717) is 0 Å². The molecule has 122 valence electrons. The van der Waals surface area contributed by atoms with Crippen LogP contribution in [0.5, 0.6) is 0 Å². The topological polar surface area (TPSA) is 16.1 Å². The SMILES string of the molecule is Clc1ccccc1CN(CCc1ccccc1)Cc1ccncc1. The van der Waals surface area contributed by atoms with Crippen LogP contribution in [0.15, 0.2) is 79.1 Å². The molecule has 0 aliphatic carbocycles. The Morgan fingerprint density at radius 2 is 1.46 bits per heavy atom. The van der Waals surface area contributed by atoms with Gasteiger partial charge >= 0.3 is 0 Å². The minimum absolute atomic E-state index is 0.830. The van der Waals surface area contributed by atoms with Crippen LogP contribution in [-0.2, 0) is 19.5 Å². The Hall–Kier alpha value is -2.16. The zero-order chi connectivity index (χ0) is 16.6. The Labute approximate surface area is 148 Å². The first kappa shape index (κ1) is 16.7. The van der Waals surface area contributed by atoms with Crippen LogP contribution in [0.2, 0.25) is 5.02 Å². The number of benzene rings is 2. The molecule has 0 N–H and O–H groups in total. The minimum atomic E-state index is 0.830. The van der Waals surface area contributed by atoms with Crippen LogP contribution < -0.4 is 0 Å². The molecule has 3 aromatic rings. The zero-order valence-corrected chi connectivity index (χ0v) is 14.4. The fourth-order valence-corrected chi connectivity index (χ4v) is 2.96. The normalized spacial score (nSPS) is 10.9. The highest BCUT2D eigenvalue weighted by atomic mass is 35.5. The molecule has 0 aliphatic rings. The number of halogens is 1. The summed E-state index contributed by atoms with van der Waals surface area (Å²) in [6.45, 7) is 2.72. The average Bonchev–Trinajstić information content (AvgIpc) is 2.63. The second kappa shape index (κ2) is 8.62. The summed E-state index contributed by atoms with van der Waals surface area (Å²) in [6.07, 6.45) is 4.72. The van der Waals surface area contributed by atoms with E-state index < -0.39 is 0 Å².